The molecule has 0 radical (unpaired) electrons. The van der Waals surface area contributed by atoms with E-state index in [1.807, 2.05) is 12.1 Å². The molecule has 7 rings (SSSR count). The van der Waals surface area contributed by atoms with Gasteiger partial charge in [-0.1, -0.05) is 32.9 Å². The smallest absolute Gasteiger partial charge is 0.459 e. The molecule has 47 heavy (non-hydrogen) atoms. The lowest BCUT2D eigenvalue weighted by Gasteiger charge is -2.31. The van der Waals surface area contributed by atoms with Gasteiger partial charge in [-0.2, -0.15) is 15.4 Å². The van der Waals surface area contributed by atoms with Gasteiger partial charge in [0.2, 0.25) is 5.60 Å². The van der Waals surface area contributed by atoms with E-state index in [4.69, 9.17) is 33.7 Å². The molecule has 2 aliphatic heterocycles. The largest absolute Gasteiger partial charge is 0.464 e. The molecule has 3 N–H and O–H groups in total. The van der Waals surface area contributed by atoms with Crippen molar-refractivity contribution in [3.63, 3.8) is 0 Å². The van der Waals surface area contributed by atoms with Gasteiger partial charge in [-0.05, 0) is 74.8 Å². The summed E-state index contributed by atoms with van der Waals surface area (Å²) in [6.45, 7) is 11.5. The second-order valence-corrected chi connectivity index (χ2v) is 15.9. The molecule has 3 aromatic rings. The fourth-order valence-corrected chi connectivity index (χ4v) is 8.13. The average molecular weight is 667 g/mol. The van der Waals surface area contributed by atoms with E-state index >= 15 is 0 Å². The number of rotatable bonds is 10. The zero-order valence-electron chi connectivity index (χ0n) is 27.1. The molecule has 2 unspecified atom stereocenters. The number of nitrogen functional groups attached to an aromatic ring is 1. The number of nitrogens with two attached hydrogens (primary N) is 1. The van der Waals surface area contributed by atoms with E-state index in [1.165, 1.54) is 17.8 Å². The van der Waals surface area contributed by atoms with Crippen LogP contribution in [0.25, 0.3) is 5.52 Å². The Kier molecular flexibility index (Phi) is 7.30. The average Bonchev–Trinajstić information content (AvgIpc) is 3.78. The summed E-state index contributed by atoms with van der Waals surface area (Å²) in [5, 5.41) is 17.7. The zero-order chi connectivity index (χ0) is 33.6. The predicted octanol–water partition coefficient (Wildman–Crippen LogP) is 4.13. The van der Waals surface area contributed by atoms with Crippen LogP contribution in [0.2, 0.25) is 0 Å². The van der Waals surface area contributed by atoms with E-state index in [2.05, 4.69) is 42.0 Å². The van der Waals surface area contributed by atoms with Gasteiger partial charge in [0, 0.05) is 0 Å². The van der Waals surface area contributed by atoms with Crippen LogP contribution in [0, 0.1) is 17.2 Å². The first-order valence-corrected chi connectivity index (χ1v) is 17.2. The first-order valence-electron chi connectivity index (χ1n) is 15.7. The van der Waals surface area contributed by atoms with E-state index in [0.717, 1.165) is 18.4 Å². The van der Waals surface area contributed by atoms with Crippen molar-refractivity contribution in [2.24, 2.45) is 5.92 Å². The van der Waals surface area contributed by atoms with Gasteiger partial charge < -0.3 is 29.2 Å². The quantitative estimate of drug-likeness (QED) is 0.233. The summed E-state index contributed by atoms with van der Waals surface area (Å²) in [6, 6.07) is 11.8. The van der Waals surface area contributed by atoms with Crippen molar-refractivity contribution in [3.05, 3.63) is 54.0 Å². The Balaban J connectivity index is 1.19. The molecule has 2 aromatic heterocycles. The third-order valence-electron chi connectivity index (χ3n) is 9.06. The predicted molar refractivity (Wildman–Crippen MR) is 167 cm³/mol. The first-order chi connectivity index (χ1) is 22.1. The van der Waals surface area contributed by atoms with Gasteiger partial charge in [0.25, 0.3) is 0 Å². The highest BCUT2D eigenvalue weighted by molar-refractivity contribution is 7.52. The number of benzene rings is 1. The number of esters is 1. The molecular weight excluding hydrogens is 627 g/mol. The molecule has 2 saturated carbocycles. The summed E-state index contributed by atoms with van der Waals surface area (Å²) < 4.78 is 53.0. The maximum atomic E-state index is 14.6. The van der Waals surface area contributed by atoms with Gasteiger partial charge in [-0.3, -0.25) is 9.32 Å². The van der Waals surface area contributed by atoms with Gasteiger partial charge in [0.1, 0.15) is 48.0 Å². The molecule has 4 fully saturated rings. The highest BCUT2D eigenvalue weighted by atomic mass is 31.2. The molecule has 1 spiro atoms. The first kappa shape index (κ1) is 32.0. The number of ether oxygens (including phenoxy) is 4. The lowest BCUT2D eigenvalue weighted by molar-refractivity contribution is -0.188. The van der Waals surface area contributed by atoms with Crippen molar-refractivity contribution in [2.45, 2.75) is 101 Å². The molecule has 250 valence electrons. The maximum Gasteiger partial charge on any atom is 0.459 e. The Morgan fingerprint density at radius 3 is 2.60 bits per heavy atom. The summed E-state index contributed by atoms with van der Waals surface area (Å²) >= 11 is 0. The minimum atomic E-state index is -4.33. The molecule has 7 atom stereocenters. The van der Waals surface area contributed by atoms with E-state index in [9.17, 15) is 14.6 Å². The van der Waals surface area contributed by atoms with Crippen LogP contribution < -0.4 is 15.3 Å². The normalized spacial score (nSPS) is 31.0. The van der Waals surface area contributed by atoms with E-state index in [-0.39, 0.29) is 17.0 Å². The second kappa shape index (κ2) is 10.7. The number of carbonyl (C=O) groups is 1. The Morgan fingerprint density at radius 2 is 1.94 bits per heavy atom. The highest BCUT2D eigenvalue weighted by Crippen LogP contribution is 2.69. The number of nitrogens with zero attached hydrogens (tertiary/aromatic N) is 4. The number of hydrogen-bond acceptors (Lipinski definition) is 12. The van der Waals surface area contributed by atoms with Crippen LogP contribution in [0.1, 0.15) is 65.6 Å². The van der Waals surface area contributed by atoms with Gasteiger partial charge in [0.05, 0.1) is 12.3 Å². The van der Waals surface area contributed by atoms with Crippen LogP contribution >= 0.6 is 7.75 Å². The number of aromatic nitrogens is 3. The number of hydrogen-bond donors (Lipinski definition) is 2. The molecule has 15 heteroatoms. The summed E-state index contributed by atoms with van der Waals surface area (Å²) in [7, 11) is -4.33. The molecule has 1 aromatic carbocycles. The number of fused-ring (bicyclic) bond motifs is 1. The van der Waals surface area contributed by atoms with Crippen LogP contribution in [0.15, 0.2) is 42.7 Å². The van der Waals surface area contributed by atoms with Crippen LogP contribution in [0.5, 0.6) is 5.75 Å². The summed E-state index contributed by atoms with van der Waals surface area (Å²) in [4.78, 5) is 16.9. The summed E-state index contributed by atoms with van der Waals surface area (Å²) in [5.41, 5.74) is 4.83. The minimum Gasteiger partial charge on any atom is -0.464 e. The van der Waals surface area contributed by atoms with Crippen LogP contribution in [0.4, 0.5) is 5.82 Å². The van der Waals surface area contributed by atoms with Gasteiger partial charge >= 0.3 is 13.7 Å². The lowest BCUT2D eigenvalue weighted by Crippen LogP contribution is -2.46. The number of carbonyl (C=O) groups excluding carboxylic acids is 1. The Bertz CT molecular complexity index is 1810. The van der Waals surface area contributed by atoms with Crippen LogP contribution in [0.3, 0.4) is 0 Å². The summed E-state index contributed by atoms with van der Waals surface area (Å²) in [6.07, 6.45) is 0.395. The molecule has 2 aliphatic carbocycles. The van der Waals surface area contributed by atoms with Crippen LogP contribution in [-0.2, 0) is 43.8 Å². The Labute approximate surface area is 272 Å². The molecule has 4 heterocycles. The van der Waals surface area contributed by atoms with Crippen molar-refractivity contribution >= 4 is 25.1 Å². The van der Waals surface area contributed by atoms with Crippen molar-refractivity contribution in [1.29, 1.82) is 5.26 Å². The molecule has 0 amide bonds. The third kappa shape index (κ3) is 5.39. The Morgan fingerprint density at radius 1 is 1.21 bits per heavy atom. The number of nitrogens with one attached hydrogen (secondary N) is 1. The number of nitriles is 1. The van der Waals surface area contributed by atoms with Gasteiger partial charge in [-0.25, -0.2) is 14.1 Å². The molecular formula is C32H39N6O8P. The fourth-order valence-electron chi connectivity index (χ4n) is 6.42. The number of anilines is 1. The monoisotopic (exact) mass is 666 g/mol. The maximum absolute atomic E-state index is 14.6. The second-order valence-electron chi connectivity index (χ2n) is 14.2. The SMILES string of the molecule is C[C@H](NP(=O)(Oc1ccc(C(C)(C)C)cc1)OC1[C@H]2O[C@@](C#N)(c3ccc4c(N)ncnn34)[C@@H]3OC(C)(C)O[C@]123)C(=O)OCC1CC1. The van der Waals surface area contributed by atoms with Crippen molar-refractivity contribution < 1.29 is 37.4 Å². The van der Waals surface area contributed by atoms with Crippen molar-refractivity contribution in [3.8, 4) is 11.8 Å². The fraction of sp³-hybridized carbons (Fsp3) is 0.562. The molecule has 14 nitrogen and oxygen atoms in total. The highest BCUT2D eigenvalue weighted by Gasteiger charge is 2.89. The van der Waals surface area contributed by atoms with Crippen molar-refractivity contribution in [2.75, 3.05) is 12.3 Å². The Hall–Kier alpha value is -3.57. The topological polar surface area (TPSA) is 182 Å². The minimum absolute atomic E-state index is 0.114. The van der Waals surface area contributed by atoms with Gasteiger partial charge in [-0.15, -0.1) is 0 Å². The molecule has 4 aliphatic rings. The van der Waals surface area contributed by atoms with E-state index in [0.29, 0.717) is 23.7 Å². The van der Waals surface area contributed by atoms with Crippen LogP contribution in [-0.4, -0.2) is 62.9 Å². The van der Waals surface area contributed by atoms with Gasteiger partial charge in [0.15, 0.2) is 17.2 Å². The summed E-state index contributed by atoms with van der Waals surface area (Å²) in [5.74, 6) is -0.890. The third-order valence-corrected chi connectivity index (χ3v) is 10.7. The zero-order valence-corrected chi connectivity index (χ0v) is 28.0. The molecule has 2 saturated heterocycles. The van der Waals surface area contributed by atoms with E-state index < -0.39 is 55.1 Å². The van der Waals surface area contributed by atoms with E-state index in [1.54, 1.807) is 38.1 Å². The van der Waals surface area contributed by atoms with Crippen molar-refractivity contribution in [1.82, 2.24) is 19.7 Å². The standard InChI is InChI=1S/C32H39N6O8P/c1-18(27(39)41-15-19-7-8-19)37-47(40,44-21-11-9-20(10-12-21)29(2,3)4)45-25-24-32(25)28(43-30(5,6)46-32)31(16-33,42-24)23-14-13-22-26(34)35-17-36-38(22)23/h9-14,17-19,24-25,28H,7-8,15H2,1-6H3,(H,37,40)(H2,34,35,36)/t18-,24+,25?,28-,31-,32-,47?/m0/s1. The molecule has 0 bridgehead atoms. The lowest BCUT2D eigenvalue weighted by atomic mass is 9.87.